The van der Waals surface area contributed by atoms with Gasteiger partial charge in [0.05, 0.1) is 0 Å². The molecular weight excluding hydrogens is 276 g/mol. The summed E-state index contributed by atoms with van der Waals surface area (Å²) in [6.07, 6.45) is 0. The van der Waals surface area contributed by atoms with Crippen LogP contribution in [0, 0.1) is 6.92 Å². The number of hydrogen-bond donors (Lipinski definition) is 1. The van der Waals surface area contributed by atoms with Gasteiger partial charge in [0.25, 0.3) is 0 Å². The van der Waals surface area contributed by atoms with Gasteiger partial charge in [0.1, 0.15) is 0 Å². The van der Waals surface area contributed by atoms with Crippen LogP contribution in [0.5, 0.6) is 0 Å². The summed E-state index contributed by atoms with van der Waals surface area (Å²) >= 11 is 3.59. The van der Waals surface area contributed by atoms with Crippen LogP contribution in [0.2, 0.25) is 0 Å². The third-order valence-electron chi connectivity index (χ3n) is 3.02. The molecule has 1 aromatic rings. The fourth-order valence-electron chi connectivity index (χ4n) is 1.84. The zero-order valence-electron chi connectivity index (χ0n) is 11.1. The maximum atomic E-state index is 3.59. The first-order valence-electron chi connectivity index (χ1n) is 6.35. The quantitative estimate of drug-likeness (QED) is 0.778. The van der Waals surface area contributed by atoms with Crippen LogP contribution in [0.25, 0.3) is 0 Å². The second kappa shape index (κ2) is 7.85. The van der Waals surface area contributed by atoms with Crippen LogP contribution in [-0.2, 0) is 6.54 Å². The molecule has 96 valence electrons. The van der Waals surface area contributed by atoms with Crippen molar-refractivity contribution in [3.05, 3.63) is 33.8 Å². The summed E-state index contributed by atoms with van der Waals surface area (Å²) in [5, 5.41) is 3.50. The summed E-state index contributed by atoms with van der Waals surface area (Å²) in [7, 11) is 0. The first-order valence-corrected chi connectivity index (χ1v) is 7.14. The monoisotopic (exact) mass is 298 g/mol. The molecule has 0 bridgehead atoms. The molecule has 3 heteroatoms. The molecule has 0 saturated carbocycles. The molecule has 0 amide bonds. The minimum Gasteiger partial charge on any atom is -0.311 e. The summed E-state index contributed by atoms with van der Waals surface area (Å²) in [5.41, 5.74) is 2.65. The third-order valence-corrected chi connectivity index (χ3v) is 3.79. The second-order valence-corrected chi connectivity index (χ2v) is 5.15. The van der Waals surface area contributed by atoms with E-state index in [1.165, 1.54) is 15.6 Å². The first-order chi connectivity index (χ1) is 8.17. The number of benzene rings is 1. The Hall–Kier alpha value is -0.380. The van der Waals surface area contributed by atoms with Crippen molar-refractivity contribution in [3.8, 4) is 0 Å². The van der Waals surface area contributed by atoms with Gasteiger partial charge in [0.15, 0.2) is 0 Å². The number of nitrogens with zero attached hydrogens (tertiary/aromatic N) is 1. The maximum absolute atomic E-state index is 3.59. The minimum absolute atomic E-state index is 0.934. The molecule has 0 aliphatic rings. The molecular formula is C14H23BrN2. The minimum atomic E-state index is 0.934. The molecule has 0 aliphatic heterocycles. The average Bonchev–Trinajstić information content (AvgIpc) is 2.33. The predicted octanol–water partition coefficient (Wildman–Crippen LogP) is 3.19. The van der Waals surface area contributed by atoms with E-state index in [4.69, 9.17) is 0 Å². The Balaban J connectivity index is 2.33. The second-order valence-electron chi connectivity index (χ2n) is 4.30. The zero-order valence-corrected chi connectivity index (χ0v) is 12.7. The van der Waals surface area contributed by atoms with Gasteiger partial charge in [-0.05, 0) is 31.6 Å². The summed E-state index contributed by atoms with van der Waals surface area (Å²) in [6.45, 7) is 11.9. The lowest BCUT2D eigenvalue weighted by Crippen LogP contribution is -2.31. The van der Waals surface area contributed by atoms with E-state index in [0.29, 0.717) is 0 Å². The van der Waals surface area contributed by atoms with Crippen molar-refractivity contribution in [1.29, 1.82) is 0 Å². The van der Waals surface area contributed by atoms with Crippen molar-refractivity contribution in [2.45, 2.75) is 27.3 Å². The lowest BCUT2D eigenvalue weighted by atomic mass is 10.1. The van der Waals surface area contributed by atoms with Crippen LogP contribution in [0.15, 0.2) is 22.7 Å². The van der Waals surface area contributed by atoms with Crippen molar-refractivity contribution in [2.75, 3.05) is 26.2 Å². The van der Waals surface area contributed by atoms with Gasteiger partial charge < -0.3 is 10.2 Å². The van der Waals surface area contributed by atoms with Crippen LogP contribution in [0.4, 0.5) is 0 Å². The van der Waals surface area contributed by atoms with E-state index >= 15 is 0 Å². The van der Waals surface area contributed by atoms with Gasteiger partial charge in [-0.2, -0.15) is 0 Å². The van der Waals surface area contributed by atoms with E-state index < -0.39 is 0 Å². The van der Waals surface area contributed by atoms with Crippen molar-refractivity contribution >= 4 is 15.9 Å². The average molecular weight is 299 g/mol. The Kier molecular flexibility index (Phi) is 6.78. The Labute approximate surface area is 114 Å². The van der Waals surface area contributed by atoms with Crippen molar-refractivity contribution in [3.63, 3.8) is 0 Å². The SMILES string of the molecule is CCN(CC)CCNCc1cc(C)ccc1Br. The molecule has 2 nitrogen and oxygen atoms in total. The normalized spacial score (nSPS) is 11.1. The molecule has 0 spiro atoms. The molecule has 0 fully saturated rings. The largest absolute Gasteiger partial charge is 0.311 e. The van der Waals surface area contributed by atoms with E-state index in [0.717, 1.165) is 32.7 Å². The van der Waals surface area contributed by atoms with Gasteiger partial charge in [-0.1, -0.05) is 47.5 Å². The van der Waals surface area contributed by atoms with Gasteiger partial charge in [-0.15, -0.1) is 0 Å². The number of rotatable bonds is 7. The molecule has 0 radical (unpaired) electrons. The molecule has 0 unspecified atom stereocenters. The molecule has 0 heterocycles. The molecule has 1 aromatic carbocycles. The Morgan fingerprint density at radius 1 is 1.24 bits per heavy atom. The lowest BCUT2D eigenvalue weighted by molar-refractivity contribution is 0.302. The number of halogens is 1. The highest BCUT2D eigenvalue weighted by molar-refractivity contribution is 9.10. The Morgan fingerprint density at radius 3 is 2.59 bits per heavy atom. The van der Waals surface area contributed by atoms with E-state index in [1.807, 2.05) is 0 Å². The molecule has 0 saturated heterocycles. The third kappa shape index (κ3) is 5.19. The number of aryl methyl sites for hydroxylation is 1. The summed E-state index contributed by atoms with van der Waals surface area (Å²) in [4.78, 5) is 2.43. The van der Waals surface area contributed by atoms with E-state index in [9.17, 15) is 0 Å². The summed E-state index contributed by atoms with van der Waals surface area (Å²) < 4.78 is 1.19. The standard InChI is InChI=1S/C14H23BrN2/c1-4-17(5-2)9-8-16-11-13-10-12(3)6-7-14(13)15/h6-7,10,16H,4-5,8-9,11H2,1-3H3. The van der Waals surface area contributed by atoms with Crippen LogP contribution in [0.1, 0.15) is 25.0 Å². The number of nitrogens with one attached hydrogen (secondary N) is 1. The molecule has 0 aliphatic carbocycles. The number of likely N-dealkylation sites (N-methyl/N-ethyl adjacent to an activating group) is 1. The van der Waals surface area contributed by atoms with Gasteiger partial charge in [-0.3, -0.25) is 0 Å². The molecule has 1 N–H and O–H groups in total. The van der Waals surface area contributed by atoms with Crippen molar-refractivity contribution in [1.82, 2.24) is 10.2 Å². The van der Waals surface area contributed by atoms with Gasteiger partial charge in [0.2, 0.25) is 0 Å². The highest BCUT2D eigenvalue weighted by Crippen LogP contribution is 2.17. The highest BCUT2D eigenvalue weighted by atomic mass is 79.9. The van der Waals surface area contributed by atoms with Crippen LogP contribution < -0.4 is 5.32 Å². The molecule has 0 atom stereocenters. The van der Waals surface area contributed by atoms with Crippen LogP contribution >= 0.6 is 15.9 Å². The highest BCUT2D eigenvalue weighted by Gasteiger charge is 2.01. The van der Waals surface area contributed by atoms with Crippen LogP contribution in [-0.4, -0.2) is 31.1 Å². The van der Waals surface area contributed by atoms with E-state index in [1.54, 1.807) is 0 Å². The summed E-state index contributed by atoms with van der Waals surface area (Å²) in [5.74, 6) is 0. The molecule has 0 aromatic heterocycles. The Morgan fingerprint density at radius 2 is 1.94 bits per heavy atom. The van der Waals surface area contributed by atoms with Crippen molar-refractivity contribution < 1.29 is 0 Å². The summed E-state index contributed by atoms with van der Waals surface area (Å²) in [6, 6.07) is 6.48. The fourth-order valence-corrected chi connectivity index (χ4v) is 2.23. The predicted molar refractivity (Wildman–Crippen MR) is 78.4 cm³/mol. The lowest BCUT2D eigenvalue weighted by Gasteiger charge is -2.18. The van der Waals surface area contributed by atoms with Crippen molar-refractivity contribution in [2.24, 2.45) is 0 Å². The van der Waals surface area contributed by atoms with Gasteiger partial charge in [-0.25, -0.2) is 0 Å². The van der Waals surface area contributed by atoms with Crippen LogP contribution in [0.3, 0.4) is 0 Å². The molecule has 1 rings (SSSR count). The fraction of sp³-hybridized carbons (Fsp3) is 0.571. The van der Waals surface area contributed by atoms with E-state index in [2.05, 4.69) is 65.1 Å². The number of hydrogen-bond acceptors (Lipinski definition) is 2. The topological polar surface area (TPSA) is 15.3 Å². The zero-order chi connectivity index (χ0) is 12.7. The van der Waals surface area contributed by atoms with E-state index in [-0.39, 0.29) is 0 Å². The first kappa shape index (κ1) is 14.7. The molecule has 17 heavy (non-hydrogen) atoms. The Bertz CT molecular complexity index is 335. The van der Waals surface area contributed by atoms with Gasteiger partial charge in [0, 0.05) is 24.1 Å². The van der Waals surface area contributed by atoms with Gasteiger partial charge >= 0.3 is 0 Å². The maximum Gasteiger partial charge on any atom is 0.0220 e. The smallest absolute Gasteiger partial charge is 0.0220 e.